The molecule has 6 heteroatoms. The molecule has 1 aliphatic heterocycles. The number of hydrogen-bond acceptors (Lipinski definition) is 5. The minimum absolute atomic E-state index is 0.0819. The lowest BCUT2D eigenvalue weighted by atomic mass is 9.74. The Balaban J connectivity index is 1.25. The van der Waals surface area contributed by atoms with E-state index in [2.05, 4.69) is 35.2 Å². The Morgan fingerprint density at radius 3 is 2.44 bits per heavy atom. The van der Waals surface area contributed by atoms with Gasteiger partial charge < -0.3 is 19.8 Å². The van der Waals surface area contributed by atoms with E-state index in [0.29, 0.717) is 35.3 Å². The molecule has 0 spiro atoms. The van der Waals surface area contributed by atoms with Crippen LogP contribution in [0.2, 0.25) is 0 Å². The number of carbonyl (C=O) groups excluding carboxylic acids is 1. The molecule has 3 aromatic rings. The van der Waals surface area contributed by atoms with Crippen LogP contribution in [-0.2, 0) is 11.2 Å². The summed E-state index contributed by atoms with van der Waals surface area (Å²) in [7, 11) is 0. The first-order valence-corrected chi connectivity index (χ1v) is 14.6. The third-order valence-electron chi connectivity index (χ3n) is 8.70. The zero-order chi connectivity index (χ0) is 27.2. The highest BCUT2D eigenvalue weighted by Crippen LogP contribution is 2.37. The van der Waals surface area contributed by atoms with Crippen LogP contribution >= 0.6 is 0 Å². The van der Waals surface area contributed by atoms with Gasteiger partial charge in [0.15, 0.2) is 5.88 Å². The average molecular weight is 531 g/mol. The second-order valence-corrected chi connectivity index (χ2v) is 11.6. The molecule has 2 N–H and O–H groups in total. The van der Waals surface area contributed by atoms with Crippen molar-refractivity contribution >= 4 is 5.97 Å². The van der Waals surface area contributed by atoms with Crippen LogP contribution in [0, 0.1) is 24.7 Å². The second kappa shape index (κ2) is 12.7. The molecule has 1 saturated carbocycles. The summed E-state index contributed by atoms with van der Waals surface area (Å²) in [5, 5.41) is 20.9. The molecule has 208 valence electrons. The van der Waals surface area contributed by atoms with Crippen molar-refractivity contribution < 1.29 is 19.7 Å². The summed E-state index contributed by atoms with van der Waals surface area (Å²) in [6, 6.07) is 19.1. The second-order valence-electron chi connectivity index (χ2n) is 11.6. The Hall–Kier alpha value is -3.25. The summed E-state index contributed by atoms with van der Waals surface area (Å²) in [6.45, 7) is 5.26. The minimum Gasteiger partial charge on any atom is -0.494 e. The number of aromatic hydroxyl groups is 2. The van der Waals surface area contributed by atoms with Crippen molar-refractivity contribution in [2.45, 2.75) is 58.3 Å². The highest BCUT2D eigenvalue weighted by Gasteiger charge is 2.33. The number of aryl methyl sites for hydroxylation is 2. The Morgan fingerprint density at radius 1 is 0.949 bits per heavy atom. The van der Waals surface area contributed by atoms with Crippen LogP contribution in [0.5, 0.6) is 11.8 Å². The molecule has 1 aromatic heterocycles. The highest BCUT2D eigenvalue weighted by molar-refractivity contribution is 5.93. The van der Waals surface area contributed by atoms with E-state index in [9.17, 15) is 15.0 Å². The summed E-state index contributed by atoms with van der Waals surface area (Å²) < 4.78 is 7.22. The number of likely N-dealkylation sites (tertiary alicyclic amines) is 1. The van der Waals surface area contributed by atoms with E-state index >= 15 is 0 Å². The van der Waals surface area contributed by atoms with Gasteiger partial charge in [-0.1, -0.05) is 74.6 Å². The van der Waals surface area contributed by atoms with Crippen molar-refractivity contribution in [3.63, 3.8) is 0 Å². The fourth-order valence-electron chi connectivity index (χ4n) is 6.71. The number of aromatic nitrogens is 1. The van der Waals surface area contributed by atoms with Crippen LogP contribution in [0.1, 0.15) is 66.4 Å². The van der Waals surface area contributed by atoms with Crippen molar-refractivity contribution in [2.24, 2.45) is 17.8 Å². The van der Waals surface area contributed by atoms with Crippen molar-refractivity contribution in [1.82, 2.24) is 9.47 Å². The fourth-order valence-corrected chi connectivity index (χ4v) is 6.71. The lowest BCUT2D eigenvalue weighted by Crippen LogP contribution is -2.45. The maximum Gasteiger partial charge on any atom is 0.340 e. The molecule has 2 atom stereocenters. The number of benzene rings is 2. The molecule has 2 aliphatic rings. The van der Waals surface area contributed by atoms with E-state index in [4.69, 9.17) is 4.74 Å². The molecular weight excluding hydrogens is 488 g/mol. The van der Waals surface area contributed by atoms with Gasteiger partial charge in [-0.15, -0.1) is 0 Å². The number of piperidine rings is 1. The third kappa shape index (κ3) is 6.67. The predicted octanol–water partition coefficient (Wildman–Crippen LogP) is 6.50. The summed E-state index contributed by atoms with van der Waals surface area (Å²) in [5.74, 6) is 1.11. The van der Waals surface area contributed by atoms with E-state index in [1.54, 1.807) is 31.2 Å². The molecule has 2 fully saturated rings. The first-order chi connectivity index (χ1) is 19.0. The number of nitrogens with zero attached hydrogens (tertiary/aromatic N) is 2. The molecule has 0 unspecified atom stereocenters. The molecule has 1 aliphatic carbocycles. The standard InChI is InChI=1S/C33H42N2O4/c1-24-19-31(36)35(32(24)37)30-17-9-8-16-29(30)33(38)39-23-26-20-28(27-14-6-3-7-15-27)22-34(21-26)18-10-13-25-11-4-2-5-12-25/h2,4-5,8-9,11-12,16-17,19,26-28,36-37H,3,6-7,10,13-15,18,20-23H2,1H3/t26-,28+/m1/s1. The normalized spacial score (nSPS) is 20.6. The van der Waals surface area contributed by atoms with Gasteiger partial charge in [0.1, 0.15) is 0 Å². The molecule has 2 heterocycles. The van der Waals surface area contributed by atoms with Gasteiger partial charge in [0.2, 0.25) is 5.88 Å². The molecular formula is C33H42N2O4. The van der Waals surface area contributed by atoms with Crippen molar-refractivity contribution in [2.75, 3.05) is 26.2 Å². The SMILES string of the molecule is Cc1cc(O)n(-c2ccccc2C(=O)OC[C@@H]2C[C@H](C3CCCCC3)CN(CCCc3ccccc3)C2)c1O. The smallest absolute Gasteiger partial charge is 0.340 e. The van der Waals surface area contributed by atoms with Gasteiger partial charge in [-0.05, 0) is 62.3 Å². The van der Waals surface area contributed by atoms with E-state index in [1.807, 2.05) is 0 Å². The van der Waals surface area contributed by atoms with Crippen molar-refractivity contribution in [3.8, 4) is 17.4 Å². The highest BCUT2D eigenvalue weighted by atomic mass is 16.5. The zero-order valence-corrected chi connectivity index (χ0v) is 23.1. The lowest BCUT2D eigenvalue weighted by Gasteiger charge is -2.42. The molecule has 0 bridgehead atoms. The largest absolute Gasteiger partial charge is 0.494 e. The van der Waals surface area contributed by atoms with E-state index in [0.717, 1.165) is 44.8 Å². The van der Waals surface area contributed by atoms with E-state index < -0.39 is 5.97 Å². The average Bonchev–Trinajstić information content (AvgIpc) is 3.23. The molecule has 2 aromatic carbocycles. The molecule has 5 rings (SSSR count). The summed E-state index contributed by atoms with van der Waals surface area (Å²) in [5.41, 5.74) is 2.67. The van der Waals surface area contributed by atoms with Crippen LogP contribution in [0.25, 0.3) is 5.69 Å². The number of para-hydroxylation sites is 1. The quantitative estimate of drug-likeness (QED) is 0.309. The van der Waals surface area contributed by atoms with Crippen LogP contribution in [0.4, 0.5) is 0 Å². The van der Waals surface area contributed by atoms with Gasteiger partial charge in [-0.25, -0.2) is 4.79 Å². The molecule has 1 saturated heterocycles. The first-order valence-electron chi connectivity index (χ1n) is 14.6. The molecule has 6 nitrogen and oxygen atoms in total. The van der Waals surface area contributed by atoms with Crippen LogP contribution < -0.4 is 0 Å². The summed E-state index contributed by atoms with van der Waals surface area (Å²) in [6.07, 6.45) is 10.0. The van der Waals surface area contributed by atoms with Crippen LogP contribution in [0.3, 0.4) is 0 Å². The summed E-state index contributed by atoms with van der Waals surface area (Å²) in [4.78, 5) is 15.9. The summed E-state index contributed by atoms with van der Waals surface area (Å²) >= 11 is 0. The van der Waals surface area contributed by atoms with Gasteiger partial charge in [0, 0.05) is 30.6 Å². The van der Waals surface area contributed by atoms with E-state index in [1.165, 1.54) is 48.3 Å². The van der Waals surface area contributed by atoms with Gasteiger partial charge in [0.25, 0.3) is 0 Å². The number of esters is 1. The van der Waals surface area contributed by atoms with Gasteiger partial charge in [-0.2, -0.15) is 0 Å². The topological polar surface area (TPSA) is 74.9 Å². The lowest BCUT2D eigenvalue weighted by molar-refractivity contribution is 0.0192. The third-order valence-corrected chi connectivity index (χ3v) is 8.70. The molecule has 39 heavy (non-hydrogen) atoms. The van der Waals surface area contributed by atoms with Gasteiger partial charge in [-0.3, -0.25) is 4.57 Å². The van der Waals surface area contributed by atoms with Crippen LogP contribution in [0.15, 0.2) is 60.7 Å². The Morgan fingerprint density at radius 2 is 1.69 bits per heavy atom. The maximum atomic E-state index is 13.3. The van der Waals surface area contributed by atoms with Gasteiger partial charge >= 0.3 is 5.97 Å². The van der Waals surface area contributed by atoms with E-state index in [-0.39, 0.29) is 11.8 Å². The number of ether oxygens (including phenoxy) is 1. The minimum atomic E-state index is -0.425. The van der Waals surface area contributed by atoms with Crippen molar-refractivity contribution in [3.05, 3.63) is 77.4 Å². The fraction of sp³-hybridized carbons (Fsp3) is 0.485. The zero-order valence-electron chi connectivity index (χ0n) is 23.1. The number of hydrogen-bond donors (Lipinski definition) is 2. The number of rotatable bonds is 9. The van der Waals surface area contributed by atoms with Crippen LogP contribution in [-0.4, -0.2) is 51.9 Å². The number of carbonyl (C=O) groups is 1. The predicted molar refractivity (Wildman–Crippen MR) is 153 cm³/mol. The monoisotopic (exact) mass is 530 g/mol. The Kier molecular flexibility index (Phi) is 8.92. The van der Waals surface area contributed by atoms with Crippen molar-refractivity contribution in [1.29, 1.82) is 0 Å². The Labute approximate surface area is 232 Å². The maximum absolute atomic E-state index is 13.3. The Bertz CT molecular complexity index is 1230. The van der Waals surface area contributed by atoms with Gasteiger partial charge in [0.05, 0.1) is 17.9 Å². The first kappa shape index (κ1) is 27.3. The molecule has 0 amide bonds. The molecule has 0 radical (unpaired) electrons.